The highest BCUT2D eigenvalue weighted by Gasteiger charge is 2.51. The number of nitrogens with zero attached hydrogens (tertiary/aromatic N) is 3. The van der Waals surface area contributed by atoms with E-state index in [1.54, 1.807) is 24.3 Å². The predicted molar refractivity (Wildman–Crippen MR) is 151 cm³/mol. The Kier molecular flexibility index (Phi) is 8.59. The van der Waals surface area contributed by atoms with Crippen LogP contribution in [-0.2, 0) is 16.9 Å². The van der Waals surface area contributed by atoms with Crippen LogP contribution in [0.2, 0.25) is 10.0 Å². The molecule has 6 rings (SSSR count). The van der Waals surface area contributed by atoms with E-state index in [9.17, 15) is 9.90 Å². The summed E-state index contributed by atoms with van der Waals surface area (Å²) in [6.45, 7) is 1.52. The molecule has 0 radical (unpaired) electrons. The van der Waals surface area contributed by atoms with Crippen LogP contribution in [0.25, 0.3) is 0 Å². The van der Waals surface area contributed by atoms with Crippen LogP contribution < -0.4 is 0 Å². The van der Waals surface area contributed by atoms with Crippen molar-refractivity contribution in [2.75, 3.05) is 19.8 Å². The molecule has 12 heteroatoms. The molecule has 0 bridgehead atoms. The van der Waals surface area contributed by atoms with Crippen molar-refractivity contribution >= 4 is 29.1 Å². The van der Waals surface area contributed by atoms with Gasteiger partial charge in [0, 0.05) is 54.6 Å². The van der Waals surface area contributed by atoms with Crippen LogP contribution in [0.3, 0.4) is 0 Å². The average molecular weight is 622 g/mol. The fraction of sp³-hybridized carbons (Fsp3) is 0.433. The number of carbonyl (C=O) groups excluding carboxylic acids is 1. The lowest BCUT2D eigenvalue weighted by Crippen LogP contribution is -2.50. The minimum Gasteiger partial charge on any atom is -0.393 e. The van der Waals surface area contributed by atoms with E-state index in [1.165, 1.54) is 30.3 Å². The number of aliphatic hydroxyl groups excluding tert-OH is 1. The first-order valence-electron chi connectivity index (χ1n) is 13.6. The van der Waals surface area contributed by atoms with Crippen LogP contribution in [0.1, 0.15) is 71.5 Å². The topological polar surface area (TPSA) is 116 Å². The van der Waals surface area contributed by atoms with E-state index in [2.05, 4.69) is 9.97 Å². The first-order chi connectivity index (χ1) is 19.9. The zero-order valence-electron chi connectivity index (χ0n) is 22.9. The zero-order valence-corrected chi connectivity index (χ0v) is 24.4. The van der Waals surface area contributed by atoms with Crippen molar-refractivity contribution in [3.63, 3.8) is 0 Å². The van der Waals surface area contributed by atoms with Gasteiger partial charge in [0.15, 0.2) is 0 Å². The van der Waals surface area contributed by atoms with Gasteiger partial charge in [0.2, 0.25) is 0 Å². The largest absolute Gasteiger partial charge is 0.393 e. The Morgan fingerprint density at radius 2 is 1.69 bits per heavy atom. The third kappa shape index (κ3) is 6.02. The first-order valence-corrected chi connectivity index (χ1v) is 14.3. The summed E-state index contributed by atoms with van der Waals surface area (Å²) in [5.41, 5.74) is -3.90. The molecule has 2 atom stereocenters. The van der Waals surface area contributed by atoms with E-state index < -0.39 is 34.6 Å². The van der Waals surface area contributed by atoms with Gasteiger partial charge >= 0.3 is 0 Å². The van der Waals surface area contributed by atoms with Crippen molar-refractivity contribution in [1.82, 2.24) is 14.9 Å². The van der Waals surface area contributed by atoms with Gasteiger partial charge in [-0.3, -0.25) is 4.79 Å². The second-order valence-electron chi connectivity index (χ2n) is 11.2. The van der Waals surface area contributed by atoms with E-state index in [4.69, 9.17) is 38.2 Å². The van der Waals surface area contributed by atoms with Gasteiger partial charge in [0.05, 0.1) is 29.8 Å². The number of halogens is 4. The van der Waals surface area contributed by atoms with E-state index in [0.29, 0.717) is 21.4 Å². The molecule has 3 aromatic rings. The maximum absolute atomic E-state index is 15.8. The number of carbonyl (C=O) groups is 1. The predicted octanol–water partition coefficient (Wildman–Crippen LogP) is 4.90. The number of fused-ring (bicyclic) bond motifs is 1. The molecule has 1 saturated carbocycles. The van der Waals surface area contributed by atoms with Crippen LogP contribution in [-0.4, -0.2) is 67.2 Å². The van der Waals surface area contributed by atoms with Crippen LogP contribution in [0.15, 0.2) is 48.8 Å². The summed E-state index contributed by atoms with van der Waals surface area (Å²) < 4.78 is 36.9. The molecule has 8 nitrogen and oxygen atoms in total. The smallest absolute Gasteiger partial charge is 0.255 e. The summed E-state index contributed by atoms with van der Waals surface area (Å²) in [7, 11) is 0. The number of rotatable bonds is 6. The second-order valence-corrected chi connectivity index (χ2v) is 12.0. The minimum absolute atomic E-state index is 0.00375. The van der Waals surface area contributed by atoms with Gasteiger partial charge in [0.1, 0.15) is 22.9 Å². The Morgan fingerprint density at radius 1 is 1.07 bits per heavy atom. The molecule has 1 aromatic heterocycles. The minimum atomic E-state index is -2.03. The standard InChI is InChI=1S/C26H23Cl2F2N3O3.C4H8O2/c1-25(35,26(30)6-8-36-9-7-26)16-10-19-22(20(29)11-16)23(15-2-4-17(27)5-3-15)33(24(19)34)14-21-31-12-18(28)13-32-21;5-3-4(6)1-2-4/h2-5,10-13,23,35H,6-9,14H2,1H3;5-6H,1-3H2. The molecule has 3 N–H and O–H groups in total. The summed E-state index contributed by atoms with van der Waals surface area (Å²) in [6, 6.07) is 8.46. The van der Waals surface area contributed by atoms with Gasteiger partial charge < -0.3 is 25.0 Å². The first kappa shape index (κ1) is 30.7. The number of alkyl halides is 1. The molecule has 3 heterocycles. The maximum Gasteiger partial charge on any atom is 0.255 e. The Labute approximate surface area is 251 Å². The Balaban J connectivity index is 0.000000524. The molecule has 1 amide bonds. The summed E-state index contributed by atoms with van der Waals surface area (Å²) in [4.78, 5) is 23.5. The van der Waals surface area contributed by atoms with Crippen molar-refractivity contribution in [2.24, 2.45) is 0 Å². The maximum atomic E-state index is 15.8. The highest BCUT2D eigenvalue weighted by Crippen LogP contribution is 2.47. The van der Waals surface area contributed by atoms with Gasteiger partial charge in [-0.05, 0) is 55.2 Å². The van der Waals surface area contributed by atoms with Crippen molar-refractivity contribution in [3.8, 4) is 0 Å². The fourth-order valence-corrected chi connectivity index (χ4v) is 5.48. The number of hydrogen-bond donors (Lipinski definition) is 3. The fourth-order valence-electron chi connectivity index (χ4n) is 5.25. The van der Waals surface area contributed by atoms with E-state index in [1.807, 2.05) is 0 Å². The lowest BCUT2D eigenvalue weighted by Gasteiger charge is -2.41. The monoisotopic (exact) mass is 621 g/mol. The SMILES string of the molecule is CC(O)(c1cc(F)c2c(c1)C(=O)N(Cc1ncc(Cl)cn1)C2c1ccc(Cl)cc1)C1(F)CCOCC1.OCC1(O)CC1. The summed E-state index contributed by atoms with van der Waals surface area (Å²) in [5.74, 6) is -0.886. The highest BCUT2D eigenvalue weighted by molar-refractivity contribution is 6.30. The number of amides is 1. The number of benzene rings is 2. The number of aliphatic hydroxyl groups is 3. The molecule has 3 aliphatic rings. The van der Waals surface area contributed by atoms with E-state index >= 15 is 8.78 Å². The average Bonchev–Trinajstić information content (AvgIpc) is 3.66. The third-order valence-corrected chi connectivity index (χ3v) is 8.67. The van der Waals surface area contributed by atoms with Crippen LogP contribution in [0.5, 0.6) is 0 Å². The number of ether oxygens (including phenoxy) is 1. The molecule has 0 spiro atoms. The molecular formula is C30H31Cl2F2N3O5. The summed E-state index contributed by atoms with van der Waals surface area (Å²) in [5, 5.41) is 29.0. The Hall–Kier alpha value is -2.73. The third-order valence-electron chi connectivity index (χ3n) is 8.22. The Morgan fingerprint density at radius 3 is 2.24 bits per heavy atom. The molecule has 2 fully saturated rings. The quantitative estimate of drug-likeness (QED) is 0.358. The number of aromatic nitrogens is 2. The summed E-state index contributed by atoms with van der Waals surface area (Å²) >= 11 is 12.0. The van der Waals surface area contributed by atoms with Crippen LogP contribution >= 0.6 is 23.2 Å². The molecule has 2 unspecified atom stereocenters. The van der Waals surface area contributed by atoms with E-state index in [0.717, 1.165) is 18.9 Å². The van der Waals surface area contributed by atoms with Crippen LogP contribution in [0, 0.1) is 5.82 Å². The normalized spacial score (nSPS) is 21.7. The zero-order chi connectivity index (χ0) is 30.3. The van der Waals surface area contributed by atoms with Gasteiger partial charge in [-0.15, -0.1) is 0 Å². The molecule has 1 saturated heterocycles. The Bertz CT molecular complexity index is 1450. The molecule has 2 aromatic carbocycles. The molecular weight excluding hydrogens is 591 g/mol. The van der Waals surface area contributed by atoms with Gasteiger partial charge in [-0.1, -0.05) is 35.3 Å². The van der Waals surface area contributed by atoms with Crippen molar-refractivity contribution in [2.45, 2.75) is 62.1 Å². The van der Waals surface area contributed by atoms with E-state index in [-0.39, 0.29) is 55.9 Å². The lowest BCUT2D eigenvalue weighted by atomic mass is 9.75. The van der Waals surface area contributed by atoms with Crippen molar-refractivity contribution in [3.05, 3.63) is 92.7 Å². The molecule has 2 aliphatic heterocycles. The van der Waals surface area contributed by atoms with Crippen molar-refractivity contribution in [1.29, 1.82) is 0 Å². The number of hydrogen-bond acceptors (Lipinski definition) is 7. The highest BCUT2D eigenvalue weighted by atomic mass is 35.5. The van der Waals surface area contributed by atoms with Crippen molar-refractivity contribution < 1.29 is 33.6 Å². The second kappa shape index (κ2) is 11.7. The molecule has 1 aliphatic carbocycles. The van der Waals surface area contributed by atoms with Crippen LogP contribution in [0.4, 0.5) is 8.78 Å². The molecule has 224 valence electrons. The van der Waals surface area contributed by atoms with Gasteiger partial charge in [-0.25, -0.2) is 18.7 Å². The lowest BCUT2D eigenvalue weighted by molar-refractivity contribution is -0.143. The van der Waals surface area contributed by atoms with Gasteiger partial charge in [-0.2, -0.15) is 0 Å². The molecule has 42 heavy (non-hydrogen) atoms. The van der Waals surface area contributed by atoms with Gasteiger partial charge in [0.25, 0.3) is 5.91 Å². The summed E-state index contributed by atoms with van der Waals surface area (Å²) in [6.07, 6.45) is 4.31.